The predicted octanol–water partition coefficient (Wildman–Crippen LogP) is 3.98. The Morgan fingerprint density at radius 3 is 2.63 bits per heavy atom. The van der Waals surface area contributed by atoms with Gasteiger partial charge in [-0.25, -0.2) is 4.39 Å². The van der Waals surface area contributed by atoms with Crippen molar-refractivity contribution in [3.8, 4) is 0 Å². The van der Waals surface area contributed by atoms with Crippen LogP contribution in [-0.4, -0.2) is 16.8 Å². The summed E-state index contributed by atoms with van der Waals surface area (Å²) in [6, 6.07) is 4.46. The fourth-order valence-electron chi connectivity index (χ4n) is 2.58. The topological polar surface area (TPSA) is 20.3 Å². The van der Waals surface area contributed by atoms with Crippen molar-refractivity contribution in [2.24, 2.45) is 0 Å². The molecule has 1 amide bonds. The van der Waals surface area contributed by atoms with Gasteiger partial charge in [-0.2, -0.15) is 0 Å². The molecule has 2 rings (SSSR count). The molecule has 0 radical (unpaired) electrons. The molecular weight excluding hydrogens is 265 g/mol. The summed E-state index contributed by atoms with van der Waals surface area (Å²) >= 11 is 5.94. The number of hydrogen-bond donors (Lipinski definition) is 0. The van der Waals surface area contributed by atoms with Crippen molar-refractivity contribution in [1.82, 2.24) is 0 Å². The van der Waals surface area contributed by atoms with Crippen molar-refractivity contribution >= 4 is 28.8 Å². The number of rotatable bonds is 1. The van der Waals surface area contributed by atoms with Crippen LogP contribution in [-0.2, 0) is 4.79 Å². The van der Waals surface area contributed by atoms with E-state index in [2.05, 4.69) is 0 Å². The van der Waals surface area contributed by atoms with E-state index in [1.165, 1.54) is 12.1 Å². The Bertz CT molecular complexity index is 563. The van der Waals surface area contributed by atoms with E-state index in [1.807, 2.05) is 26.8 Å². The minimum Gasteiger partial charge on any atom is -0.301 e. The second kappa shape index (κ2) is 4.64. The molecule has 19 heavy (non-hydrogen) atoms. The van der Waals surface area contributed by atoms with Crippen molar-refractivity contribution < 1.29 is 9.18 Å². The molecule has 0 spiro atoms. The van der Waals surface area contributed by atoms with Gasteiger partial charge in [-0.05, 0) is 51.5 Å². The first-order valence-electron chi connectivity index (χ1n) is 6.21. The second-order valence-electron chi connectivity index (χ2n) is 5.43. The lowest BCUT2D eigenvalue weighted by atomic mass is 9.88. The van der Waals surface area contributed by atoms with Crippen molar-refractivity contribution in [2.45, 2.75) is 38.6 Å². The van der Waals surface area contributed by atoms with Gasteiger partial charge < -0.3 is 4.90 Å². The molecule has 1 heterocycles. The normalized spacial score (nSPS) is 18.6. The molecule has 1 aromatic rings. The van der Waals surface area contributed by atoms with Crippen LogP contribution in [0.15, 0.2) is 24.3 Å². The first-order valence-corrected chi connectivity index (χ1v) is 6.65. The molecule has 2 nitrogen and oxygen atoms in total. The molecule has 1 aliphatic heterocycles. The Morgan fingerprint density at radius 2 is 2.05 bits per heavy atom. The summed E-state index contributed by atoms with van der Waals surface area (Å²) in [6.45, 7) is 7.46. The molecular formula is C15H17ClFNO. The number of carbonyl (C=O) groups excluding carboxylic acids is 1. The van der Waals surface area contributed by atoms with Gasteiger partial charge in [0, 0.05) is 5.56 Å². The van der Waals surface area contributed by atoms with Crippen molar-refractivity contribution in [2.75, 3.05) is 4.90 Å². The van der Waals surface area contributed by atoms with Crippen molar-refractivity contribution in [1.29, 1.82) is 0 Å². The zero-order chi connectivity index (χ0) is 14.4. The van der Waals surface area contributed by atoms with Gasteiger partial charge in [-0.1, -0.05) is 6.08 Å². The lowest BCUT2D eigenvalue weighted by Crippen LogP contribution is -2.51. The number of hydrogen-bond acceptors (Lipinski definition) is 1. The van der Waals surface area contributed by atoms with E-state index in [0.29, 0.717) is 5.69 Å². The Hall–Kier alpha value is -1.35. The predicted molar refractivity (Wildman–Crippen MR) is 76.9 cm³/mol. The van der Waals surface area contributed by atoms with Crippen LogP contribution in [0.5, 0.6) is 0 Å². The fraction of sp³-hybridized carbons (Fsp3) is 0.400. The number of alkyl halides is 1. The first kappa shape index (κ1) is 14.1. The maximum Gasteiger partial charge on any atom is 0.245 e. The molecule has 102 valence electrons. The van der Waals surface area contributed by atoms with Crippen molar-refractivity contribution in [3.63, 3.8) is 0 Å². The molecule has 1 atom stereocenters. The Balaban J connectivity index is 2.64. The summed E-state index contributed by atoms with van der Waals surface area (Å²) in [7, 11) is 0. The minimum absolute atomic E-state index is 0.178. The number of anilines is 1. The summed E-state index contributed by atoms with van der Waals surface area (Å²) in [5, 5.41) is -0.621. The Labute approximate surface area is 117 Å². The van der Waals surface area contributed by atoms with Crippen LogP contribution in [0, 0.1) is 5.82 Å². The SMILES string of the molecule is CC1=CC(C)(C)N(C(=O)C(C)Cl)c2ccc(F)cc21. The van der Waals surface area contributed by atoms with E-state index in [4.69, 9.17) is 11.6 Å². The van der Waals surface area contributed by atoms with Gasteiger partial charge in [-0.3, -0.25) is 4.79 Å². The van der Waals surface area contributed by atoms with E-state index < -0.39 is 10.9 Å². The highest BCUT2D eigenvalue weighted by Gasteiger charge is 2.37. The molecule has 0 aliphatic carbocycles. The van der Waals surface area contributed by atoms with Gasteiger partial charge in [0.05, 0.1) is 11.2 Å². The quantitative estimate of drug-likeness (QED) is 0.713. The van der Waals surface area contributed by atoms with Gasteiger partial charge in [0.25, 0.3) is 0 Å². The third kappa shape index (κ3) is 2.39. The van der Waals surface area contributed by atoms with Crippen LogP contribution in [0.1, 0.15) is 33.3 Å². The van der Waals surface area contributed by atoms with Crippen LogP contribution < -0.4 is 4.90 Å². The zero-order valence-corrected chi connectivity index (χ0v) is 12.3. The van der Waals surface area contributed by atoms with Crippen LogP contribution in [0.4, 0.5) is 10.1 Å². The van der Waals surface area contributed by atoms with Crippen molar-refractivity contribution in [3.05, 3.63) is 35.7 Å². The zero-order valence-electron chi connectivity index (χ0n) is 11.5. The summed E-state index contributed by atoms with van der Waals surface area (Å²) in [4.78, 5) is 14.0. The Kier molecular flexibility index (Phi) is 3.43. The molecule has 0 saturated carbocycles. The Morgan fingerprint density at radius 1 is 1.42 bits per heavy atom. The van der Waals surface area contributed by atoms with E-state index >= 15 is 0 Å². The number of fused-ring (bicyclic) bond motifs is 1. The summed E-state index contributed by atoms with van der Waals surface area (Å²) in [5.74, 6) is -0.485. The lowest BCUT2D eigenvalue weighted by Gasteiger charge is -2.42. The number of halogens is 2. The third-order valence-electron chi connectivity index (χ3n) is 3.33. The molecule has 0 bridgehead atoms. The number of nitrogens with zero attached hydrogens (tertiary/aromatic N) is 1. The smallest absolute Gasteiger partial charge is 0.245 e. The average Bonchev–Trinajstić information content (AvgIpc) is 2.28. The molecule has 1 aromatic carbocycles. The maximum atomic E-state index is 13.4. The molecule has 0 N–H and O–H groups in total. The summed E-state index contributed by atoms with van der Waals surface area (Å²) in [5.41, 5.74) is 1.94. The van der Waals surface area contributed by atoms with Gasteiger partial charge in [0.2, 0.25) is 5.91 Å². The van der Waals surface area contributed by atoms with Gasteiger partial charge in [0.1, 0.15) is 11.2 Å². The minimum atomic E-state index is -0.621. The van der Waals surface area contributed by atoms with Gasteiger partial charge in [-0.15, -0.1) is 11.6 Å². The second-order valence-corrected chi connectivity index (χ2v) is 6.09. The third-order valence-corrected chi connectivity index (χ3v) is 3.52. The molecule has 1 aliphatic rings. The van der Waals surface area contributed by atoms with E-state index in [1.54, 1.807) is 17.9 Å². The highest BCUT2D eigenvalue weighted by Crippen LogP contribution is 2.39. The molecule has 4 heteroatoms. The molecule has 0 aromatic heterocycles. The first-order chi connectivity index (χ1) is 8.74. The number of benzene rings is 1. The standard InChI is InChI=1S/C15H17ClFNO/c1-9-8-15(3,4)18(14(19)10(2)16)13-6-5-11(17)7-12(9)13/h5-8,10H,1-4H3. The van der Waals surface area contributed by atoms with Gasteiger partial charge >= 0.3 is 0 Å². The maximum absolute atomic E-state index is 13.4. The average molecular weight is 282 g/mol. The monoisotopic (exact) mass is 281 g/mol. The number of carbonyl (C=O) groups is 1. The van der Waals surface area contributed by atoms with E-state index in [9.17, 15) is 9.18 Å². The number of allylic oxidation sites excluding steroid dienone is 1. The highest BCUT2D eigenvalue weighted by atomic mass is 35.5. The van der Waals surface area contributed by atoms with E-state index in [-0.39, 0.29) is 11.7 Å². The summed E-state index contributed by atoms with van der Waals surface area (Å²) in [6.07, 6.45) is 1.96. The van der Waals surface area contributed by atoms with Crippen LogP contribution in [0.25, 0.3) is 5.57 Å². The molecule has 0 fully saturated rings. The number of amides is 1. The van der Waals surface area contributed by atoms with Gasteiger partial charge in [0.15, 0.2) is 0 Å². The van der Waals surface area contributed by atoms with E-state index in [0.717, 1.165) is 11.1 Å². The largest absolute Gasteiger partial charge is 0.301 e. The van der Waals surface area contributed by atoms with Crippen LogP contribution in [0.2, 0.25) is 0 Å². The fourth-order valence-corrected chi connectivity index (χ4v) is 2.68. The molecule has 1 unspecified atom stereocenters. The summed E-state index contributed by atoms with van der Waals surface area (Å²) < 4.78 is 13.4. The van der Waals surface area contributed by atoms with Crippen LogP contribution >= 0.6 is 11.6 Å². The van der Waals surface area contributed by atoms with Crippen LogP contribution in [0.3, 0.4) is 0 Å². The lowest BCUT2D eigenvalue weighted by molar-refractivity contribution is -0.118. The molecule has 0 saturated heterocycles. The highest BCUT2D eigenvalue weighted by molar-refractivity contribution is 6.33.